The van der Waals surface area contributed by atoms with E-state index in [0.717, 1.165) is 50.5 Å². The Morgan fingerprint density at radius 3 is 2.61 bits per heavy atom. The molecule has 1 aromatic heterocycles. The minimum absolute atomic E-state index is 0.0338. The van der Waals surface area contributed by atoms with Gasteiger partial charge in [0, 0.05) is 56.7 Å². The first-order valence-corrected chi connectivity index (χ1v) is 14.6. The molecule has 4 rings (SSSR count). The van der Waals surface area contributed by atoms with Gasteiger partial charge < -0.3 is 10.2 Å². The number of rotatable bonds is 11. The lowest BCUT2D eigenvalue weighted by Gasteiger charge is -2.35. The van der Waals surface area contributed by atoms with Crippen LogP contribution in [0.5, 0.6) is 0 Å². The van der Waals surface area contributed by atoms with Gasteiger partial charge in [-0.05, 0) is 35.6 Å². The van der Waals surface area contributed by atoms with E-state index in [2.05, 4.69) is 70.4 Å². The molecule has 6 nitrogen and oxygen atoms in total. The van der Waals surface area contributed by atoms with Gasteiger partial charge in [0.1, 0.15) is 11.0 Å². The Morgan fingerprint density at radius 1 is 1.05 bits per heavy atom. The summed E-state index contributed by atoms with van der Waals surface area (Å²) in [5.41, 5.74) is 2.95. The van der Waals surface area contributed by atoms with Crippen molar-refractivity contribution >= 4 is 41.2 Å². The maximum absolute atomic E-state index is 12.5. The Balaban J connectivity index is 1.29. The maximum Gasteiger partial charge on any atom is 0.251 e. The number of hydrogen-bond acceptors (Lipinski definition) is 6. The Bertz CT molecular complexity index is 1210. The van der Waals surface area contributed by atoms with Crippen LogP contribution in [0.25, 0.3) is 6.08 Å². The summed E-state index contributed by atoms with van der Waals surface area (Å²) in [4.78, 5) is 26.4. The SMILES string of the molecule is CC(C)CCNC(=O)c1cccc(CSc2nc(Cl)cc(N3CCN(CC=Cc4ccccc4)CC3)n2)c1. The van der Waals surface area contributed by atoms with Crippen molar-refractivity contribution in [3.63, 3.8) is 0 Å². The first-order chi connectivity index (χ1) is 18.5. The van der Waals surface area contributed by atoms with Crippen LogP contribution in [0.2, 0.25) is 5.15 Å². The Labute approximate surface area is 235 Å². The van der Waals surface area contributed by atoms with Crippen molar-refractivity contribution in [2.24, 2.45) is 5.92 Å². The second-order valence-electron chi connectivity index (χ2n) is 9.86. The summed E-state index contributed by atoms with van der Waals surface area (Å²) in [6.07, 6.45) is 5.37. The average molecular weight is 550 g/mol. The number of amides is 1. The highest BCUT2D eigenvalue weighted by molar-refractivity contribution is 7.98. The molecule has 0 spiro atoms. The van der Waals surface area contributed by atoms with Crippen molar-refractivity contribution in [1.82, 2.24) is 20.2 Å². The van der Waals surface area contributed by atoms with Crippen molar-refractivity contribution < 1.29 is 4.79 Å². The van der Waals surface area contributed by atoms with Crippen LogP contribution in [0, 0.1) is 5.92 Å². The van der Waals surface area contributed by atoms with Crippen molar-refractivity contribution in [2.75, 3.05) is 44.2 Å². The van der Waals surface area contributed by atoms with E-state index in [4.69, 9.17) is 16.6 Å². The summed E-state index contributed by atoms with van der Waals surface area (Å²) in [6, 6.07) is 20.0. The van der Waals surface area contributed by atoms with Crippen molar-refractivity contribution in [2.45, 2.75) is 31.2 Å². The molecular formula is C30H36ClN5OS. The fourth-order valence-corrected chi connectivity index (χ4v) is 5.22. The van der Waals surface area contributed by atoms with Crippen LogP contribution < -0.4 is 10.2 Å². The molecule has 1 saturated heterocycles. The van der Waals surface area contributed by atoms with Crippen LogP contribution in [-0.4, -0.2) is 60.0 Å². The van der Waals surface area contributed by atoms with Crippen LogP contribution in [0.3, 0.4) is 0 Å². The third-order valence-electron chi connectivity index (χ3n) is 6.39. The third-order valence-corrected chi connectivity index (χ3v) is 7.51. The number of anilines is 1. The van der Waals surface area contributed by atoms with E-state index in [1.807, 2.05) is 36.4 Å². The molecule has 0 saturated carbocycles. The summed E-state index contributed by atoms with van der Waals surface area (Å²) in [5, 5.41) is 4.10. The zero-order valence-corrected chi connectivity index (χ0v) is 23.7. The van der Waals surface area contributed by atoms with Crippen molar-refractivity contribution in [3.05, 3.63) is 88.6 Å². The lowest BCUT2D eigenvalue weighted by atomic mass is 10.1. The molecule has 0 bridgehead atoms. The second kappa shape index (κ2) is 14.3. The van der Waals surface area contributed by atoms with Crippen LogP contribution >= 0.6 is 23.4 Å². The van der Waals surface area contributed by atoms with E-state index >= 15 is 0 Å². The van der Waals surface area contributed by atoms with Gasteiger partial charge in [-0.1, -0.05) is 91.8 Å². The Morgan fingerprint density at radius 2 is 1.84 bits per heavy atom. The molecule has 1 fully saturated rings. The second-order valence-corrected chi connectivity index (χ2v) is 11.2. The fraction of sp³-hybridized carbons (Fsp3) is 0.367. The van der Waals surface area contributed by atoms with Crippen LogP contribution in [-0.2, 0) is 5.75 Å². The van der Waals surface area contributed by atoms with Crippen molar-refractivity contribution in [3.8, 4) is 0 Å². The lowest BCUT2D eigenvalue weighted by molar-refractivity contribution is 0.0952. The van der Waals surface area contributed by atoms with E-state index < -0.39 is 0 Å². The summed E-state index contributed by atoms with van der Waals surface area (Å²) < 4.78 is 0. The van der Waals surface area contributed by atoms with E-state index in [1.54, 1.807) is 0 Å². The standard InChI is InChI=1S/C30H36ClN5OS/c1-23(2)13-14-32-29(37)26-12-6-10-25(20-26)22-38-30-33-27(31)21-28(34-30)36-18-16-35(17-19-36)15-7-11-24-8-4-3-5-9-24/h3-12,20-21,23H,13-19,22H2,1-2H3,(H,32,37). The number of halogens is 1. The topological polar surface area (TPSA) is 61.4 Å². The molecule has 3 aromatic rings. The predicted octanol–water partition coefficient (Wildman–Crippen LogP) is 6.03. The zero-order valence-electron chi connectivity index (χ0n) is 22.1. The van der Waals surface area contributed by atoms with Gasteiger partial charge in [-0.15, -0.1) is 0 Å². The quantitative estimate of drug-likeness (QED) is 0.179. The van der Waals surface area contributed by atoms with Gasteiger partial charge in [0.25, 0.3) is 5.91 Å². The van der Waals surface area contributed by atoms with Gasteiger partial charge in [0.2, 0.25) is 0 Å². The Hall–Kier alpha value is -2.87. The molecule has 1 amide bonds. The number of carbonyl (C=O) groups is 1. The number of benzene rings is 2. The summed E-state index contributed by atoms with van der Waals surface area (Å²) in [5.74, 6) is 2.05. The van der Waals surface area contributed by atoms with E-state index in [0.29, 0.717) is 34.1 Å². The molecule has 1 aliphatic heterocycles. The van der Waals surface area contributed by atoms with E-state index in [1.165, 1.54) is 17.3 Å². The minimum Gasteiger partial charge on any atom is -0.354 e. The Kier molecular flexibility index (Phi) is 10.6. The average Bonchev–Trinajstić information content (AvgIpc) is 2.92. The van der Waals surface area contributed by atoms with E-state index in [-0.39, 0.29) is 5.91 Å². The van der Waals surface area contributed by atoms with Gasteiger partial charge in [-0.2, -0.15) is 0 Å². The number of hydrogen-bond donors (Lipinski definition) is 1. The molecule has 0 radical (unpaired) electrons. The molecule has 8 heteroatoms. The number of nitrogens with one attached hydrogen (secondary N) is 1. The number of aromatic nitrogens is 2. The van der Waals surface area contributed by atoms with Crippen molar-refractivity contribution in [1.29, 1.82) is 0 Å². The third kappa shape index (κ3) is 8.86. The van der Waals surface area contributed by atoms with Gasteiger partial charge in [0.05, 0.1) is 0 Å². The molecule has 0 atom stereocenters. The zero-order chi connectivity index (χ0) is 26.7. The van der Waals surface area contributed by atoms with Crippen LogP contribution in [0.4, 0.5) is 5.82 Å². The molecule has 200 valence electrons. The highest BCUT2D eigenvalue weighted by Gasteiger charge is 2.19. The lowest BCUT2D eigenvalue weighted by Crippen LogP contribution is -2.46. The first kappa shape index (κ1) is 28.1. The number of piperazine rings is 1. The van der Waals surface area contributed by atoms with Gasteiger partial charge in [-0.3, -0.25) is 9.69 Å². The molecule has 38 heavy (non-hydrogen) atoms. The molecule has 2 aromatic carbocycles. The fourth-order valence-electron chi connectivity index (χ4n) is 4.20. The van der Waals surface area contributed by atoms with Gasteiger partial charge >= 0.3 is 0 Å². The summed E-state index contributed by atoms with van der Waals surface area (Å²) >= 11 is 7.91. The van der Waals surface area contributed by atoms with E-state index in [9.17, 15) is 4.79 Å². The normalized spacial score (nSPS) is 14.4. The molecule has 1 aliphatic rings. The molecule has 1 N–H and O–H groups in total. The molecule has 0 unspecified atom stereocenters. The number of thioether (sulfide) groups is 1. The highest BCUT2D eigenvalue weighted by atomic mass is 35.5. The minimum atomic E-state index is -0.0338. The largest absolute Gasteiger partial charge is 0.354 e. The van der Waals surface area contributed by atoms with Crippen LogP contribution in [0.15, 0.2) is 71.9 Å². The monoisotopic (exact) mass is 549 g/mol. The highest BCUT2D eigenvalue weighted by Crippen LogP contribution is 2.25. The molecule has 0 aliphatic carbocycles. The molecule has 2 heterocycles. The number of nitrogens with zero attached hydrogens (tertiary/aromatic N) is 4. The molecular weight excluding hydrogens is 514 g/mol. The van der Waals surface area contributed by atoms with Gasteiger partial charge in [0.15, 0.2) is 5.16 Å². The summed E-state index contributed by atoms with van der Waals surface area (Å²) in [6.45, 7) is 9.65. The van der Waals surface area contributed by atoms with Gasteiger partial charge in [-0.25, -0.2) is 9.97 Å². The number of carbonyl (C=O) groups excluding carboxylic acids is 1. The summed E-state index contributed by atoms with van der Waals surface area (Å²) in [7, 11) is 0. The van der Waals surface area contributed by atoms with Crippen LogP contribution in [0.1, 0.15) is 41.8 Å². The smallest absolute Gasteiger partial charge is 0.251 e. The maximum atomic E-state index is 12.5. The first-order valence-electron chi connectivity index (χ1n) is 13.2. The predicted molar refractivity (Wildman–Crippen MR) is 159 cm³/mol.